The van der Waals surface area contributed by atoms with Crippen LogP contribution in [0.2, 0.25) is 0 Å². The van der Waals surface area contributed by atoms with Gasteiger partial charge in [0.25, 0.3) is 5.91 Å². The molecule has 0 bridgehead atoms. The van der Waals surface area contributed by atoms with Crippen LogP contribution in [0.3, 0.4) is 0 Å². The van der Waals surface area contributed by atoms with E-state index in [2.05, 4.69) is 33.8 Å². The van der Waals surface area contributed by atoms with Crippen molar-refractivity contribution < 1.29 is 6.22 Å². The highest BCUT2D eigenvalue weighted by atomic mass is 16.2. The van der Waals surface area contributed by atoms with E-state index in [1.165, 1.54) is 6.33 Å². The number of nitrogens with zero attached hydrogens (tertiary/aromatic N) is 3. The zero-order valence-corrected chi connectivity index (χ0v) is 13.2. The van der Waals surface area contributed by atoms with Crippen LogP contribution in [0.5, 0.6) is 0 Å². The minimum absolute atomic E-state index is 0. The van der Waals surface area contributed by atoms with Gasteiger partial charge in [0.15, 0.2) is 0 Å². The van der Waals surface area contributed by atoms with Gasteiger partial charge >= 0.3 is 0 Å². The summed E-state index contributed by atoms with van der Waals surface area (Å²) in [4.78, 5) is 29.5. The van der Waals surface area contributed by atoms with E-state index in [0.717, 1.165) is 35.1 Å². The van der Waals surface area contributed by atoms with Gasteiger partial charge in [-0.1, -0.05) is 0 Å². The molecule has 2 atom stereocenters. The van der Waals surface area contributed by atoms with Gasteiger partial charge in [-0.2, -0.15) is 0 Å². The maximum absolute atomic E-state index is 12.8. The van der Waals surface area contributed by atoms with Crippen LogP contribution in [0, 0.1) is 0 Å². The zero-order valence-electron chi connectivity index (χ0n) is 13.2. The predicted molar refractivity (Wildman–Crippen MR) is 90.1 cm³/mol. The van der Waals surface area contributed by atoms with E-state index < -0.39 is 0 Å². The quantitative estimate of drug-likeness (QED) is 0.763. The fraction of sp³-hybridized carbons (Fsp3) is 0.353. The number of hydrogen-bond acceptors (Lipinski definition) is 3. The molecule has 2 N–H and O–H groups in total. The minimum Gasteiger partial charge on any atom is -0.357 e. The number of hydrogen-bond donors (Lipinski definition) is 2. The van der Waals surface area contributed by atoms with E-state index in [0.29, 0.717) is 17.8 Å². The molecule has 4 heterocycles. The lowest BCUT2D eigenvalue weighted by atomic mass is 10.1. The lowest BCUT2D eigenvalue weighted by molar-refractivity contribution is 0.0687. The van der Waals surface area contributed by atoms with Crippen molar-refractivity contribution in [3.63, 3.8) is 0 Å². The summed E-state index contributed by atoms with van der Waals surface area (Å²) in [6.45, 7) is 4.22. The zero-order chi connectivity index (χ0) is 16.0. The summed E-state index contributed by atoms with van der Waals surface area (Å²) in [6, 6.07) is 4.41. The molecule has 1 saturated heterocycles. The first-order valence-corrected chi connectivity index (χ1v) is 7.94. The number of aromatic nitrogens is 4. The van der Waals surface area contributed by atoms with Crippen LogP contribution >= 0.6 is 0 Å². The van der Waals surface area contributed by atoms with Gasteiger partial charge in [-0.25, -0.2) is 9.97 Å². The highest BCUT2D eigenvalue weighted by Crippen LogP contribution is 2.28. The second-order valence-corrected chi connectivity index (χ2v) is 6.25. The number of nitrogens with one attached hydrogen (secondary N) is 2. The minimum atomic E-state index is 0. The third kappa shape index (κ3) is 2.21. The molecule has 0 radical (unpaired) electrons. The first-order chi connectivity index (χ1) is 11.1. The van der Waals surface area contributed by atoms with Crippen molar-refractivity contribution in [2.75, 3.05) is 0 Å². The molecule has 3 aromatic rings. The summed E-state index contributed by atoms with van der Waals surface area (Å²) in [7, 11) is 0. The number of likely N-dealkylation sites (tertiary alicyclic amines) is 1. The van der Waals surface area contributed by atoms with Crippen LogP contribution in [0.15, 0.2) is 30.9 Å². The molecule has 1 fully saturated rings. The number of H-pyrrole nitrogens is 2. The Labute approximate surface area is 135 Å². The van der Waals surface area contributed by atoms with E-state index in [-0.39, 0.29) is 7.33 Å². The van der Waals surface area contributed by atoms with Gasteiger partial charge in [0.1, 0.15) is 17.7 Å². The molecule has 3 aromatic heterocycles. The highest BCUT2D eigenvalue weighted by Gasteiger charge is 2.32. The van der Waals surface area contributed by atoms with E-state index in [9.17, 15) is 4.79 Å². The van der Waals surface area contributed by atoms with Gasteiger partial charge < -0.3 is 14.9 Å². The highest BCUT2D eigenvalue weighted by molar-refractivity contribution is 5.96. The molecule has 1 aliphatic heterocycles. The lowest BCUT2D eigenvalue weighted by Gasteiger charge is -2.25. The number of carbonyl (C=O) groups is 1. The molecule has 4 rings (SSSR count). The molecular weight excluding hydrogens is 290 g/mol. The number of aromatic amines is 2. The van der Waals surface area contributed by atoms with Crippen LogP contribution in [0.1, 0.15) is 38.6 Å². The predicted octanol–water partition coefficient (Wildman–Crippen LogP) is 3.21. The average Bonchev–Trinajstić information content (AvgIpc) is 3.26. The normalized spacial score (nSPS) is 21.2. The molecule has 2 unspecified atom stereocenters. The average molecular weight is 311 g/mol. The Bertz CT molecular complexity index is 861. The third-order valence-corrected chi connectivity index (χ3v) is 4.73. The molecule has 0 aromatic carbocycles. The van der Waals surface area contributed by atoms with Crippen molar-refractivity contribution >= 4 is 16.9 Å². The first kappa shape index (κ1) is 14.0. The second kappa shape index (κ2) is 5.22. The molecule has 0 spiro atoms. The van der Waals surface area contributed by atoms with Crippen LogP contribution in [0.25, 0.3) is 22.3 Å². The van der Waals surface area contributed by atoms with Gasteiger partial charge in [0.2, 0.25) is 0 Å². The van der Waals surface area contributed by atoms with Crippen molar-refractivity contribution in [2.24, 2.45) is 0 Å². The van der Waals surface area contributed by atoms with Crippen molar-refractivity contribution in [1.82, 2.24) is 24.8 Å². The van der Waals surface area contributed by atoms with Gasteiger partial charge in [-0.15, -0.1) is 0 Å². The molecular formula is C17H21N5O. The largest absolute Gasteiger partial charge is 0.357 e. The summed E-state index contributed by atoms with van der Waals surface area (Å²) in [5.74, 6) is 0.0631. The van der Waals surface area contributed by atoms with Crippen molar-refractivity contribution in [3.05, 3.63) is 36.5 Å². The maximum atomic E-state index is 12.8. The van der Waals surface area contributed by atoms with Crippen LogP contribution in [0.4, 0.5) is 0 Å². The smallest absolute Gasteiger partial charge is 0.270 e. The Morgan fingerprint density at radius 3 is 2.83 bits per heavy atom. The van der Waals surface area contributed by atoms with Crippen molar-refractivity contribution in [3.8, 4) is 11.3 Å². The molecule has 6 nitrogen and oxygen atoms in total. The monoisotopic (exact) mass is 311 g/mol. The summed E-state index contributed by atoms with van der Waals surface area (Å²) < 4.78 is 0. The Hall–Kier alpha value is -2.63. The molecule has 0 aliphatic carbocycles. The van der Waals surface area contributed by atoms with E-state index >= 15 is 0 Å². The molecule has 1 aliphatic rings. The van der Waals surface area contributed by atoms with Gasteiger partial charge in [-0.3, -0.25) is 4.79 Å². The Morgan fingerprint density at radius 1 is 1.26 bits per heavy atom. The van der Waals surface area contributed by atoms with Gasteiger partial charge in [0.05, 0.1) is 5.69 Å². The molecule has 6 heteroatoms. The molecule has 23 heavy (non-hydrogen) atoms. The van der Waals surface area contributed by atoms with E-state index in [1.807, 2.05) is 29.4 Å². The number of rotatable bonds is 2. The number of fused-ring (bicyclic) bond motifs is 1. The summed E-state index contributed by atoms with van der Waals surface area (Å²) in [5.41, 5.74) is 3.14. The second-order valence-electron chi connectivity index (χ2n) is 6.25. The Morgan fingerprint density at radius 2 is 2.04 bits per heavy atom. The Kier molecular flexibility index (Phi) is 3.18. The summed E-state index contributed by atoms with van der Waals surface area (Å²) in [6.07, 6.45) is 7.35. The number of amides is 1. The first-order valence-electron chi connectivity index (χ1n) is 7.94. The van der Waals surface area contributed by atoms with Gasteiger partial charge in [0, 0.05) is 36.9 Å². The van der Waals surface area contributed by atoms with E-state index in [1.54, 1.807) is 0 Å². The fourth-order valence-corrected chi connectivity index (χ4v) is 3.49. The fourth-order valence-electron chi connectivity index (χ4n) is 3.49. The van der Waals surface area contributed by atoms with Crippen molar-refractivity contribution in [1.29, 1.82) is 0 Å². The standard InChI is InChI=1S/C17H19N5O.H2/c1-10-3-4-11(2)22(10)17(23)14-7-12(8-19-14)15-13-5-6-18-16(13)21-9-20-15;/h5-11,19H,3-4H2,1-2H3,(H,18,20,21);1H. The third-order valence-electron chi connectivity index (χ3n) is 4.73. The van der Waals surface area contributed by atoms with Crippen LogP contribution in [-0.4, -0.2) is 42.8 Å². The molecule has 0 saturated carbocycles. The summed E-state index contributed by atoms with van der Waals surface area (Å²) in [5, 5.41) is 0.952. The molecule has 1 amide bonds. The topological polar surface area (TPSA) is 77.7 Å². The van der Waals surface area contributed by atoms with Crippen molar-refractivity contribution in [2.45, 2.75) is 38.8 Å². The molecule has 120 valence electrons. The maximum Gasteiger partial charge on any atom is 0.270 e. The van der Waals surface area contributed by atoms with E-state index in [4.69, 9.17) is 0 Å². The summed E-state index contributed by atoms with van der Waals surface area (Å²) >= 11 is 0. The SMILES string of the molecule is CC1CCC(C)N1C(=O)c1cc(-c2ncnc3[nH]ccc23)c[nH]1.[HH]. The lowest BCUT2D eigenvalue weighted by Crippen LogP contribution is -2.38. The Balaban J connectivity index is 0.00000169. The van der Waals surface area contributed by atoms with Gasteiger partial charge in [-0.05, 0) is 38.8 Å². The van der Waals surface area contributed by atoms with Crippen LogP contribution in [-0.2, 0) is 0 Å². The van der Waals surface area contributed by atoms with Crippen LogP contribution < -0.4 is 0 Å². The number of carbonyl (C=O) groups excluding carboxylic acids is 1.